The second-order valence-corrected chi connectivity index (χ2v) is 3.68. The van der Waals surface area contributed by atoms with Crippen molar-refractivity contribution in [3.8, 4) is 5.75 Å². The summed E-state index contributed by atoms with van der Waals surface area (Å²) in [7, 11) is 0. The highest BCUT2D eigenvalue weighted by molar-refractivity contribution is 9.10. The molecule has 1 aromatic rings. The molecule has 13 heavy (non-hydrogen) atoms. The fourth-order valence-corrected chi connectivity index (χ4v) is 1.45. The minimum Gasteiger partial charge on any atom is -0.492 e. The Morgan fingerprint density at radius 2 is 2.23 bits per heavy atom. The molecular weight excluding hydrogens is 251 g/mol. The van der Waals surface area contributed by atoms with Crippen molar-refractivity contribution < 1.29 is 4.74 Å². The fourth-order valence-electron chi connectivity index (χ4n) is 0.905. The number of ether oxygens (including phenoxy) is 1. The van der Waals surface area contributed by atoms with Crippen LogP contribution in [0.25, 0.3) is 0 Å². The normalized spacial score (nSPS) is 9.69. The van der Waals surface area contributed by atoms with Gasteiger partial charge in [0.1, 0.15) is 12.4 Å². The third kappa shape index (κ3) is 3.41. The van der Waals surface area contributed by atoms with Gasteiger partial charge in [0.25, 0.3) is 0 Å². The molecule has 1 aromatic carbocycles. The maximum Gasteiger partial charge on any atom is 0.121 e. The van der Waals surface area contributed by atoms with Crippen LogP contribution in [0.5, 0.6) is 5.75 Å². The average molecular weight is 261 g/mol. The summed E-state index contributed by atoms with van der Waals surface area (Å²) in [6.45, 7) is 4.07. The van der Waals surface area contributed by atoms with Crippen LogP contribution in [-0.4, -0.2) is 12.5 Å². The third-order valence-electron chi connectivity index (χ3n) is 1.42. The molecule has 0 atom stereocenters. The molecule has 0 N–H and O–H groups in total. The van der Waals surface area contributed by atoms with E-state index in [1.54, 1.807) is 0 Å². The van der Waals surface area contributed by atoms with Crippen LogP contribution in [0.1, 0.15) is 5.56 Å². The molecule has 0 heterocycles. The van der Waals surface area contributed by atoms with Crippen molar-refractivity contribution in [2.75, 3.05) is 12.5 Å². The SMILES string of the molecule is C=[C]c1cc(Br)cc(OCCCl)c1. The lowest BCUT2D eigenvalue weighted by Crippen LogP contribution is -1.98. The van der Waals surface area contributed by atoms with E-state index in [1.807, 2.05) is 18.2 Å². The number of benzene rings is 1. The van der Waals surface area contributed by atoms with Gasteiger partial charge in [0.15, 0.2) is 0 Å². The summed E-state index contributed by atoms with van der Waals surface area (Å²) in [4.78, 5) is 0. The molecule has 0 spiro atoms. The molecule has 1 radical (unpaired) electrons. The Morgan fingerprint density at radius 1 is 1.46 bits per heavy atom. The molecular formula is C10H9BrClO. The predicted octanol–water partition coefficient (Wildman–Crippen LogP) is 3.40. The average Bonchev–Trinajstić information content (AvgIpc) is 2.14. The number of halogens is 2. The predicted molar refractivity (Wildman–Crippen MR) is 58.3 cm³/mol. The van der Waals surface area contributed by atoms with Crippen LogP contribution in [0.15, 0.2) is 29.3 Å². The van der Waals surface area contributed by atoms with E-state index < -0.39 is 0 Å². The molecule has 69 valence electrons. The lowest BCUT2D eigenvalue weighted by molar-refractivity contribution is 0.342. The topological polar surface area (TPSA) is 9.23 Å². The first kappa shape index (κ1) is 10.6. The monoisotopic (exact) mass is 259 g/mol. The minimum absolute atomic E-state index is 0.486. The third-order valence-corrected chi connectivity index (χ3v) is 2.03. The molecule has 0 amide bonds. The van der Waals surface area contributed by atoms with Gasteiger partial charge in [-0.1, -0.05) is 22.5 Å². The Labute approximate surface area is 91.5 Å². The second-order valence-electron chi connectivity index (χ2n) is 2.39. The van der Waals surface area contributed by atoms with Crippen molar-refractivity contribution in [3.05, 3.63) is 40.9 Å². The van der Waals surface area contributed by atoms with Crippen molar-refractivity contribution in [1.82, 2.24) is 0 Å². The summed E-state index contributed by atoms with van der Waals surface area (Å²) in [5, 5.41) is 0. The van der Waals surface area contributed by atoms with Gasteiger partial charge in [-0.3, -0.25) is 0 Å². The van der Waals surface area contributed by atoms with Crippen molar-refractivity contribution in [3.63, 3.8) is 0 Å². The van der Waals surface area contributed by atoms with Crippen LogP contribution in [-0.2, 0) is 0 Å². The van der Waals surface area contributed by atoms with E-state index in [1.165, 1.54) is 0 Å². The summed E-state index contributed by atoms with van der Waals surface area (Å²) < 4.78 is 6.30. The van der Waals surface area contributed by atoms with Crippen molar-refractivity contribution >= 4 is 27.5 Å². The van der Waals surface area contributed by atoms with Gasteiger partial charge in [-0.15, -0.1) is 11.6 Å². The van der Waals surface area contributed by atoms with E-state index in [0.29, 0.717) is 12.5 Å². The van der Waals surface area contributed by atoms with Crippen LogP contribution < -0.4 is 4.74 Å². The Morgan fingerprint density at radius 3 is 2.85 bits per heavy atom. The summed E-state index contributed by atoms with van der Waals surface area (Å²) >= 11 is 8.87. The van der Waals surface area contributed by atoms with Gasteiger partial charge in [0.2, 0.25) is 0 Å². The highest BCUT2D eigenvalue weighted by atomic mass is 79.9. The molecule has 1 rings (SSSR count). The first-order valence-electron chi connectivity index (χ1n) is 3.78. The Bertz CT molecular complexity index is 299. The van der Waals surface area contributed by atoms with Crippen LogP contribution in [0.2, 0.25) is 0 Å². The van der Waals surface area contributed by atoms with E-state index in [4.69, 9.17) is 16.3 Å². The summed E-state index contributed by atoms with van der Waals surface area (Å²) in [5.41, 5.74) is 0.902. The molecule has 0 aliphatic carbocycles. The molecule has 0 aliphatic rings. The first-order chi connectivity index (χ1) is 6.26. The first-order valence-corrected chi connectivity index (χ1v) is 5.11. The maximum atomic E-state index is 5.50. The van der Waals surface area contributed by atoms with Crippen LogP contribution >= 0.6 is 27.5 Å². The standard InChI is InChI=1S/C10H9BrClO/c1-2-8-5-9(11)7-10(6-8)13-4-3-12/h5-7H,1,3-4H2. The molecule has 0 unspecified atom stereocenters. The zero-order valence-corrected chi connectivity index (χ0v) is 9.36. The van der Waals surface area contributed by atoms with Crippen LogP contribution in [0, 0.1) is 6.08 Å². The van der Waals surface area contributed by atoms with Crippen LogP contribution in [0.3, 0.4) is 0 Å². The molecule has 0 aliphatic heterocycles. The lowest BCUT2D eigenvalue weighted by atomic mass is 10.2. The summed E-state index contributed by atoms with van der Waals surface area (Å²) in [6.07, 6.45) is 2.79. The fraction of sp³-hybridized carbons (Fsp3) is 0.200. The van der Waals surface area contributed by atoms with Gasteiger partial charge in [0.05, 0.1) is 5.88 Å². The molecule has 0 aromatic heterocycles. The van der Waals surface area contributed by atoms with Gasteiger partial charge in [-0.25, -0.2) is 0 Å². The summed E-state index contributed by atoms with van der Waals surface area (Å²) in [6, 6.07) is 5.66. The lowest BCUT2D eigenvalue weighted by Gasteiger charge is -2.05. The Hall–Kier alpha value is -0.470. The number of hydrogen-bond acceptors (Lipinski definition) is 1. The van der Waals surface area contributed by atoms with Gasteiger partial charge in [-0.05, 0) is 29.8 Å². The van der Waals surface area contributed by atoms with Gasteiger partial charge >= 0.3 is 0 Å². The van der Waals surface area contributed by atoms with E-state index in [0.717, 1.165) is 15.8 Å². The second kappa shape index (κ2) is 5.30. The van der Waals surface area contributed by atoms with Crippen molar-refractivity contribution in [1.29, 1.82) is 0 Å². The van der Waals surface area contributed by atoms with Gasteiger partial charge < -0.3 is 4.74 Å². The molecule has 0 saturated carbocycles. The minimum atomic E-state index is 0.486. The Balaban J connectivity index is 2.81. The van der Waals surface area contributed by atoms with E-state index in [2.05, 4.69) is 28.6 Å². The Kier molecular flexibility index (Phi) is 4.33. The summed E-state index contributed by atoms with van der Waals surface area (Å²) in [5.74, 6) is 1.26. The van der Waals surface area contributed by atoms with E-state index >= 15 is 0 Å². The van der Waals surface area contributed by atoms with Crippen molar-refractivity contribution in [2.24, 2.45) is 0 Å². The molecule has 0 saturated heterocycles. The molecule has 3 heteroatoms. The number of hydrogen-bond donors (Lipinski definition) is 0. The number of rotatable bonds is 4. The molecule has 0 fully saturated rings. The molecule has 0 bridgehead atoms. The highest BCUT2D eigenvalue weighted by Crippen LogP contribution is 2.21. The van der Waals surface area contributed by atoms with Gasteiger partial charge in [0, 0.05) is 4.47 Å². The smallest absolute Gasteiger partial charge is 0.121 e. The van der Waals surface area contributed by atoms with Crippen LogP contribution in [0.4, 0.5) is 0 Å². The van der Waals surface area contributed by atoms with Crippen molar-refractivity contribution in [2.45, 2.75) is 0 Å². The molecule has 1 nitrogen and oxygen atoms in total. The zero-order chi connectivity index (χ0) is 9.68. The van der Waals surface area contributed by atoms with Gasteiger partial charge in [-0.2, -0.15) is 0 Å². The number of alkyl halides is 1. The van der Waals surface area contributed by atoms with E-state index in [-0.39, 0.29) is 0 Å². The largest absolute Gasteiger partial charge is 0.492 e. The maximum absolute atomic E-state index is 5.50. The quantitative estimate of drug-likeness (QED) is 0.754. The van der Waals surface area contributed by atoms with E-state index in [9.17, 15) is 0 Å². The zero-order valence-electron chi connectivity index (χ0n) is 7.02. The highest BCUT2D eigenvalue weighted by Gasteiger charge is 1.97.